The van der Waals surface area contributed by atoms with Gasteiger partial charge in [0.05, 0.1) is 5.52 Å². The zero-order valence-corrected chi connectivity index (χ0v) is 16.0. The molecule has 1 amide bonds. The number of aromatic nitrogens is 5. The molecular formula is C19H12F6N6O. The molecule has 4 aromatic rings. The minimum absolute atomic E-state index is 0.0118. The van der Waals surface area contributed by atoms with Gasteiger partial charge < -0.3 is 10.3 Å². The van der Waals surface area contributed by atoms with E-state index in [0.717, 1.165) is 24.0 Å². The standard InChI is InChI=1S/C19H12F6N6O/c1-31-16(17(32)29-10-3-5-27-12(6-10)18(20,21)22)13(19(23,24)25)15(30-31)11-8-26-7-9-2-4-28-14(9)11/h2-8,28H,1H3,(H,27,29,32). The van der Waals surface area contributed by atoms with Gasteiger partial charge in [-0.05, 0) is 18.2 Å². The van der Waals surface area contributed by atoms with E-state index >= 15 is 0 Å². The summed E-state index contributed by atoms with van der Waals surface area (Å²) >= 11 is 0. The number of fused-ring (bicyclic) bond motifs is 1. The van der Waals surface area contributed by atoms with Crippen LogP contribution in [-0.2, 0) is 19.4 Å². The summed E-state index contributed by atoms with van der Waals surface area (Å²) in [5, 5.41) is 6.47. The van der Waals surface area contributed by atoms with E-state index in [1.165, 1.54) is 18.6 Å². The fourth-order valence-corrected chi connectivity index (χ4v) is 3.25. The average molecular weight is 454 g/mol. The Labute approximate surface area is 175 Å². The number of rotatable bonds is 3. The van der Waals surface area contributed by atoms with Crippen molar-refractivity contribution < 1.29 is 31.1 Å². The molecule has 7 nitrogen and oxygen atoms in total. The summed E-state index contributed by atoms with van der Waals surface area (Å²) in [6, 6.07) is 3.16. The molecule has 166 valence electrons. The fourth-order valence-electron chi connectivity index (χ4n) is 3.25. The van der Waals surface area contributed by atoms with Crippen LogP contribution in [0.4, 0.5) is 32.0 Å². The lowest BCUT2D eigenvalue weighted by atomic mass is 10.0. The normalized spacial score (nSPS) is 12.3. The van der Waals surface area contributed by atoms with Gasteiger partial charge in [0.25, 0.3) is 5.91 Å². The van der Waals surface area contributed by atoms with E-state index in [2.05, 4.69) is 25.4 Å². The minimum atomic E-state index is -5.00. The summed E-state index contributed by atoms with van der Waals surface area (Å²) in [4.78, 5) is 22.6. The molecule has 0 radical (unpaired) electrons. The van der Waals surface area contributed by atoms with Gasteiger partial charge in [-0.3, -0.25) is 19.4 Å². The second-order valence-electron chi connectivity index (χ2n) is 6.70. The first-order chi connectivity index (χ1) is 15.0. The number of carbonyl (C=O) groups excluding carboxylic acids is 1. The molecule has 13 heteroatoms. The summed E-state index contributed by atoms with van der Waals surface area (Å²) in [7, 11) is 1.13. The summed E-state index contributed by atoms with van der Waals surface area (Å²) in [6.45, 7) is 0. The van der Waals surface area contributed by atoms with E-state index in [1.54, 1.807) is 6.07 Å². The third-order valence-corrected chi connectivity index (χ3v) is 4.57. The molecule has 0 aromatic carbocycles. The van der Waals surface area contributed by atoms with E-state index in [0.29, 0.717) is 17.0 Å². The number of aryl methyl sites for hydroxylation is 1. The highest BCUT2D eigenvalue weighted by Gasteiger charge is 2.42. The molecule has 4 rings (SSSR count). The number of hydrogen-bond acceptors (Lipinski definition) is 4. The third kappa shape index (κ3) is 3.76. The topological polar surface area (TPSA) is 88.5 Å². The zero-order chi connectivity index (χ0) is 23.3. The first-order valence-electron chi connectivity index (χ1n) is 8.87. The van der Waals surface area contributed by atoms with Gasteiger partial charge in [-0.1, -0.05) is 0 Å². The molecule has 4 aromatic heterocycles. The first-order valence-corrected chi connectivity index (χ1v) is 8.87. The lowest BCUT2D eigenvalue weighted by Crippen LogP contribution is -2.21. The highest BCUT2D eigenvalue weighted by molar-refractivity contribution is 6.06. The molecule has 0 atom stereocenters. The Kier molecular flexibility index (Phi) is 4.90. The maximum atomic E-state index is 14.0. The Morgan fingerprint density at radius 2 is 1.84 bits per heavy atom. The van der Waals surface area contributed by atoms with E-state index in [4.69, 9.17) is 0 Å². The van der Waals surface area contributed by atoms with Crippen LogP contribution in [-0.4, -0.2) is 30.6 Å². The number of amides is 1. The van der Waals surface area contributed by atoms with Gasteiger partial charge in [-0.2, -0.15) is 31.4 Å². The largest absolute Gasteiger partial charge is 0.433 e. The molecule has 2 N–H and O–H groups in total. The highest BCUT2D eigenvalue weighted by atomic mass is 19.4. The Morgan fingerprint density at radius 1 is 1.09 bits per heavy atom. The first kappa shape index (κ1) is 21.3. The van der Waals surface area contributed by atoms with Crippen LogP contribution in [0.15, 0.2) is 43.0 Å². The SMILES string of the molecule is Cn1nc(-c2cncc3cc[nH]c23)c(C(F)(F)F)c1C(=O)Nc1ccnc(C(F)(F)F)c1. The van der Waals surface area contributed by atoms with Crippen molar-refractivity contribution in [1.82, 2.24) is 24.7 Å². The van der Waals surface area contributed by atoms with Gasteiger partial charge in [0.1, 0.15) is 22.6 Å². The molecule has 0 aliphatic heterocycles. The van der Waals surface area contributed by atoms with E-state index in [-0.39, 0.29) is 11.3 Å². The van der Waals surface area contributed by atoms with Crippen molar-refractivity contribution in [2.45, 2.75) is 12.4 Å². The number of nitrogens with one attached hydrogen (secondary N) is 2. The van der Waals surface area contributed by atoms with Crippen molar-refractivity contribution in [3.63, 3.8) is 0 Å². The molecule has 0 unspecified atom stereocenters. The molecule has 32 heavy (non-hydrogen) atoms. The molecule has 0 aliphatic rings. The molecule has 0 aliphatic carbocycles. The van der Waals surface area contributed by atoms with Crippen LogP contribution in [0.5, 0.6) is 0 Å². The molecule has 0 saturated heterocycles. The zero-order valence-electron chi connectivity index (χ0n) is 16.0. The van der Waals surface area contributed by atoms with Gasteiger partial charge in [-0.15, -0.1) is 0 Å². The van der Waals surface area contributed by atoms with Crippen LogP contribution >= 0.6 is 0 Å². The number of H-pyrrole nitrogens is 1. The van der Waals surface area contributed by atoms with Crippen LogP contribution in [0.2, 0.25) is 0 Å². The number of carbonyl (C=O) groups is 1. The maximum absolute atomic E-state index is 14.0. The summed E-state index contributed by atoms with van der Waals surface area (Å²) in [5.74, 6) is -1.29. The second kappa shape index (κ2) is 7.35. The van der Waals surface area contributed by atoms with Crippen LogP contribution in [0, 0.1) is 0 Å². The van der Waals surface area contributed by atoms with Crippen molar-refractivity contribution in [2.24, 2.45) is 7.05 Å². The maximum Gasteiger partial charge on any atom is 0.433 e. The Bertz CT molecular complexity index is 1320. The van der Waals surface area contributed by atoms with Gasteiger partial charge in [0.2, 0.25) is 0 Å². The second-order valence-corrected chi connectivity index (χ2v) is 6.70. The predicted molar refractivity (Wildman–Crippen MR) is 100 cm³/mol. The molecule has 0 fully saturated rings. The van der Waals surface area contributed by atoms with Crippen LogP contribution in [0.1, 0.15) is 21.7 Å². The van der Waals surface area contributed by atoms with E-state index in [9.17, 15) is 31.1 Å². The molecule has 0 spiro atoms. The van der Waals surface area contributed by atoms with Crippen LogP contribution in [0.3, 0.4) is 0 Å². The summed E-state index contributed by atoms with van der Waals surface area (Å²) < 4.78 is 81.4. The number of aromatic amines is 1. The Balaban J connectivity index is 1.82. The number of nitrogens with zero attached hydrogens (tertiary/aromatic N) is 4. The average Bonchev–Trinajstić information content (AvgIpc) is 3.31. The van der Waals surface area contributed by atoms with E-state index < -0.39 is 40.9 Å². The quantitative estimate of drug-likeness (QED) is 0.441. The highest BCUT2D eigenvalue weighted by Crippen LogP contribution is 2.40. The summed E-state index contributed by atoms with van der Waals surface area (Å²) in [5.41, 5.74) is -4.09. The number of anilines is 1. The monoisotopic (exact) mass is 454 g/mol. The summed E-state index contributed by atoms with van der Waals surface area (Å²) in [6.07, 6.45) is -4.87. The lowest BCUT2D eigenvalue weighted by Gasteiger charge is -2.12. The van der Waals surface area contributed by atoms with Gasteiger partial charge >= 0.3 is 12.4 Å². The Morgan fingerprint density at radius 3 is 2.53 bits per heavy atom. The molecule has 0 saturated carbocycles. The molecule has 0 bridgehead atoms. The fraction of sp³-hybridized carbons (Fsp3) is 0.158. The number of pyridine rings is 2. The van der Waals surface area contributed by atoms with Crippen LogP contribution in [0.25, 0.3) is 22.2 Å². The smallest absolute Gasteiger partial charge is 0.361 e. The van der Waals surface area contributed by atoms with Gasteiger partial charge in [-0.25, -0.2) is 0 Å². The minimum Gasteiger partial charge on any atom is -0.361 e. The molecular weight excluding hydrogens is 442 g/mol. The van der Waals surface area contributed by atoms with Crippen LogP contribution < -0.4 is 5.32 Å². The van der Waals surface area contributed by atoms with Crippen molar-refractivity contribution in [3.05, 3.63) is 59.9 Å². The number of hydrogen-bond donors (Lipinski definition) is 2. The lowest BCUT2D eigenvalue weighted by molar-refractivity contribution is -0.141. The predicted octanol–water partition coefficient (Wildman–Crippen LogP) is 4.65. The van der Waals surface area contributed by atoms with Crippen molar-refractivity contribution in [1.29, 1.82) is 0 Å². The van der Waals surface area contributed by atoms with Crippen molar-refractivity contribution >= 4 is 22.5 Å². The van der Waals surface area contributed by atoms with Gasteiger partial charge in [0.15, 0.2) is 0 Å². The van der Waals surface area contributed by atoms with Crippen molar-refractivity contribution in [3.8, 4) is 11.3 Å². The molecule has 4 heterocycles. The Hall–Kier alpha value is -3.90. The number of halogens is 6. The van der Waals surface area contributed by atoms with E-state index in [1.807, 2.05) is 0 Å². The van der Waals surface area contributed by atoms with Crippen molar-refractivity contribution in [2.75, 3.05) is 5.32 Å². The third-order valence-electron chi connectivity index (χ3n) is 4.57. The number of alkyl halides is 6. The van der Waals surface area contributed by atoms with Gasteiger partial charge in [0, 0.05) is 48.5 Å².